The van der Waals surface area contributed by atoms with E-state index in [1.54, 1.807) is 6.20 Å². The van der Waals surface area contributed by atoms with Crippen molar-refractivity contribution in [2.45, 2.75) is 25.9 Å². The van der Waals surface area contributed by atoms with Crippen LogP contribution in [0.4, 0.5) is 0 Å². The van der Waals surface area contributed by atoms with Crippen molar-refractivity contribution in [3.8, 4) is 5.88 Å². The molecule has 0 saturated carbocycles. The molecule has 2 fully saturated rings. The van der Waals surface area contributed by atoms with E-state index in [2.05, 4.69) is 22.1 Å². The summed E-state index contributed by atoms with van der Waals surface area (Å²) in [6.45, 7) is 7.35. The minimum absolute atomic E-state index is 0.170. The Morgan fingerprint density at radius 1 is 1.48 bits per heavy atom. The number of nitrogens with one attached hydrogen (secondary N) is 1. The summed E-state index contributed by atoms with van der Waals surface area (Å²) in [5.41, 5.74) is 0. The number of guanidine groups is 1. The van der Waals surface area contributed by atoms with Gasteiger partial charge in [0.05, 0.1) is 13.2 Å². The van der Waals surface area contributed by atoms with Gasteiger partial charge in [-0.1, -0.05) is 6.07 Å². The highest BCUT2D eigenvalue weighted by molar-refractivity contribution is 5.80. The lowest BCUT2D eigenvalue weighted by Crippen LogP contribution is -2.41. The van der Waals surface area contributed by atoms with E-state index in [4.69, 9.17) is 14.5 Å². The third-order valence-electron chi connectivity index (χ3n) is 4.23. The molecular formula is C17H26N4O2. The fourth-order valence-corrected chi connectivity index (χ4v) is 2.97. The van der Waals surface area contributed by atoms with Gasteiger partial charge in [0.1, 0.15) is 6.10 Å². The zero-order valence-corrected chi connectivity index (χ0v) is 13.8. The van der Waals surface area contributed by atoms with Gasteiger partial charge in [-0.25, -0.2) is 4.98 Å². The number of aliphatic imine (C=N–C) groups is 1. The Balaban J connectivity index is 1.54. The van der Waals surface area contributed by atoms with Gasteiger partial charge >= 0.3 is 0 Å². The molecule has 2 aliphatic heterocycles. The molecule has 0 spiro atoms. The second-order valence-corrected chi connectivity index (χ2v) is 6.07. The van der Waals surface area contributed by atoms with E-state index >= 15 is 0 Å². The van der Waals surface area contributed by atoms with E-state index in [-0.39, 0.29) is 6.10 Å². The molecule has 2 aliphatic rings. The van der Waals surface area contributed by atoms with E-state index in [0.717, 1.165) is 58.2 Å². The number of aromatic nitrogens is 1. The van der Waals surface area contributed by atoms with Crippen LogP contribution < -0.4 is 10.1 Å². The maximum absolute atomic E-state index is 5.96. The molecule has 2 saturated heterocycles. The molecule has 0 radical (unpaired) electrons. The highest BCUT2D eigenvalue weighted by Crippen LogP contribution is 2.17. The minimum atomic E-state index is 0.170. The molecule has 1 aromatic rings. The maximum Gasteiger partial charge on any atom is 0.213 e. The molecule has 1 N–H and O–H groups in total. The van der Waals surface area contributed by atoms with Gasteiger partial charge in [-0.2, -0.15) is 0 Å². The lowest BCUT2D eigenvalue weighted by molar-refractivity contribution is 0.187. The Labute approximate surface area is 137 Å². The molecule has 2 unspecified atom stereocenters. The van der Waals surface area contributed by atoms with Crippen LogP contribution in [0.3, 0.4) is 0 Å². The summed E-state index contributed by atoms with van der Waals surface area (Å²) in [5.74, 6) is 2.25. The molecule has 126 valence electrons. The predicted octanol–water partition coefficient (Wildman–Crippen LogP) is 1.54. The van der Waals surface area contributed by atoms with Crippen LogP contribution in [0.5, 0.6) is 5.88 Å². The number of hydrogen-bond acceptors (Lipinski definition) is 4. The lowest BCUT2D eigenvalue weighted by Gasteiger charge is -2.22. The number of ether oxygens (including phenoxy) is 2. The van der Waals surface area contributed by atoms with Crippen LogP contribution >= 0.6 is 0 Å². The average Bonchev–Trinajstić information content (AvgIpc) is 3.24. The Morgan fingerprint density at radius 3 is 3.17 bits per heavy atom. The van der Waals surface area contributed by atoms with E-state index in [1.165, 1.54) is 0 Å². The average molecular weight is 318 g/mol. The third kappa shape index (κ3) is 4.58. The second-order valence-electron chi connectivity index (χ2n) is 6.07. The summed E-state index contributed by atoms with van der Waals surface area (Å²) < 4.78 is 11.4. The largest absolute Gasteiger partial charge is 0.472 e. The molecule has 23 heavy (non-hydrogen) atoms. The molecule has 6 nitrogen and oxygen atoms in total. The quantitative estimate of drug-likeness (QED) is 0.659. The van der Waals surface area contributed by atoms with E-state index in [0.29, 0.717) is 11.8 Å². The van der Waals surface area contributed by atoms with Crippen LogP contribution in [0.1, 0.15) is 19.8 Å². The SMILES string of the molecule is CCNC(=NCC1CCOC1)N1CCC(Oc2ccccn2)C1. The van der Waals surface area contributed by atoms with Crippen LogP contribution in [0.2, 0.25) is 0 Å². The van der Waals surface area contributed by atoms with Crippen LogP contribution in [0, 0.1) is 5.92 Å². The zero-order valence-electron chi connectivity index (χ0n) is 13.8. The fourth-order valence-electron chi connectivity index (χ4n) is 2.97. The first-order valence-electron chi connectivity index (χ1n) is 8.54. The number of hydrogen-bond donors (Lipinski definition) is 1. The summed E-state index contributed by atoms with van der Waals surface area (Å²) in [7, 11) is 0. The van der Waals surface area contributed by atoms with Gasteiger partial charge in [0.2, 0.25) is 5.88 Å². The van der Waals surface area contributed by atoms with Crippen molar-refractivity contribution in [3.63, 3.8) is 0 Å². The number of rotatable bonds is 5. The first-order valence-corrected chi connectivity index (χ1v) is 8.54. The van der Waals surface area contributed by atoms with Crippen molar-refractivity contribution in [1.29, 1.82) is 0 Å². The van der Waals surface area contributed by atoms with Gasteiger partial charge in [-0.15, -0.1) is 0 Å². The summed E-state index contributed by atoms with van der Waals surface area (Å²) in [4.78, 5) is 11.3. The molecule has 0 aromatic carbocycles. The van der Waals surface area contributed by atoms with Gasteiger partial charge in [0.25, 0.3) is 0 Å². The first-order chi connectivity index (χ1) is 11.3. The summed E-state index contributed by atoms with van der Waals surface area (Å²) in [5, 5.41) is 3.40. The van der Waals surface area contributed by atoms with Gasteiger partial charge in [-0.05, 0) is 19.4 Å². The fraction of sp³-hybridized carbons (Fsp3) is 0.647. The van der Waals surface area contributed by atoms with Crippen molar-refractivity contribution in [2.24, 2.45) is 10.9 Å². The lowest BCUT2D eigenvalue weighted by atomic mass is 10.1. The molecular weight excluding hydrogens is 292 g/mol. The second kappa shape index (κ2) is 8.15. The smallest absolute Gasteiger partial charge is 0.213 e. The number of nitrogens with zero attached hydrogens (tertiary/aromatic N) is 3. The Bertz CT molecular complexity index is 503. The van der Waals surface area contributed by atoms with Crippen molar-refractivity contribution in [2.75, 3.05) is 39.4 Å². The van der Waals surface area contributed by atoms with E-state index < -0.39 is 0 Å². The maximum atomic E-state index is 5.96. The number of likely N-dealkylation sites (tertiary alicyclic amines) is 1. The molecule has 3 heterocycles. The van der Waals surface area contributed by atoms with E-state index in [1.807, 2.05) is 18.2 Å². The van der Waals surface area contributed by atoms with Crippen LogP contribution in [-0.4, -0.2) is 61.3 Å². The van der Waals surface area contributed by atoms with E-state index in [9.17, 15) is 0 Å². The third-order valence-corrected chi connectivity index (χ3v) is 4.23. The molecule has 3 rings (SSSR count). The Morgan fingerprint density at radius 2 is 2.43 bits per heavy atom. The zero-order chi connectivity index (χ0) is 15.9. The van der Waals surface area contributed by atoms with Gasteiger partial charge in [0, 0.05) is 50.8 Å². The van der Waals surface area contributed by atoms with Crippen molar-refractivity contribution < 1.29 is 9.47 Å². The number of pyridine rings is 1. The highest BCUT2D eigenvalue weighted by atomic mass is 16.5. The highest BCUT2D eigenvalue weighted by Gasteiger charge is 2.27. The Kier molecular flexibility index (Phi) is 5.69. The van der Waals surface area contributed by atoms with Crippen LogP contribution in [0.15, 0.2) is 29.4 Å². The molecule has 0 bridgehead atoms. The first kappa shape index (κ1) is 16.1. The van der Waals surface area contributed by atoms with Crippen LogP contribution in [-0.2, 0) is 4.74 Å². The normalized spacial score (nSPS) is 24.9. The summed E-state index contributed by atoms with van der Waals surface area (Å²) in [6, 6.07) is 5.75. The molecule has 6 heteroatoms. The van der Waals surface area contributed by atoms with Crippen molar-refractivity contribution >= 4 is 5.96 Å². The summed E-state index contributed by atoms with van der Waals surface area (Å²) >= 11 is 0. The minimum Gasteiger partial charge on any atom is -0.472 e. The monoisotopic (exact) mass is 318 g/mol. The van der Waals surface area contributed by atoms with Crippen molar-refractivity contribution in [3.05, 3.63) is 24.4 Å². The van der Waals surface area contributed by atoms with Gasteiger partial charge < -0.3 is 19.7 Å². The molecule has 1 aromatic heterocycles. The molecule has 0 aliphatic carbocycles. The van der Waals surface area contributed by atoms with Crippen LogP contribution in [0.25, 0.3) is 0 Å². The molecule has 0 amide bonds. The van der Waals surface area contributed by atoms with Gasteiger partial charge in [0.15, 0.2) is 5.96 Å². The van der Waals surface area contributed by atoms with Gasteiger partial charge in [-0.3, -0.25) is 4.99 Å². The topological polar surface area (TPSA) is 59.0 Å². The summed E-state index contributed by atoms with van der Waals surface area (Å²) in [6.07, 6.45) is 4.04. The Hall–Kier alpha value is -1.82. The molecule has 2 atom stereocenters. The predicted molar refractivity (Wildman–Crippen MR) is 89.7 cm³/mol. The van der Waals surface area contributed by atoms with Crippen molar-refractivity contribution in [1.82, 2.24) is 15.2 Å². The standard InChI is InChI=1S/C17H26N4O2/c1-2-18-17(20-11-14-7-10-22-13-14)21-9-6-15(12-21)23-16-5-3-4-8-19-16/h3-5,8,14-15H,2,6-7,9-13H2,1H3,(H,18,20).